The Hall–Kier alpha value is -2.01. The van der Waals surface area contributed by atoms with Gasteiger partial charge in [-0.15, -0.1) is 0 Å². The Kier molecular flexibility index (Phi) is 4.85. The van der Waals surface area contributed by atoms with Crippen LogP contribution in [-0.4, -0.2) is 12.5 Å². The third-order valence-electron chi connectivity index (χ3n) is 2.92. The first kappa shape index (κ1) is 15.4. The molecule has 21 heavy (non-hydrogen) atoms. The highest BCUT2D eigenvalue weighted by molar-refractivity contribution is 9.10. The van der Waals surface area contributed by atoms with Crippen molar-refractivity contribution in [1.82, 2.24) is 0 Å². The molecule has 0 fully saturated rings. The lowest BCUT2D eigenvalue weighted by Gasteiger charge is -2.12. The summed E-state index contributed by atoms with van der Waals surface area (Å²) in [6.07, 6.45) is 0. The number of benzene rings is 2. The molecule has 1 amide bonds. The molecule has 0 aliphatic heterocycles. The number of nitrogens with one attached hydrogen (secondary N) is 1. The number of hydrogen-bond donors (Lipinski definition) is 2. The smallest absolute Gasteiger partial charge is 0.262 e. The standard InChI is InChI=1S/C16H17BrN2O2/c1-10-4-3-5-13(6-10)19-15(20)9-21-16-11(2)7-12(17)8-14(16)18/h3-8H,9,18H2,1-2H3,(H,19,20). The maximum Gasteiger partial charge on any atom is 0.262 e. The van der Waals surface area contributed by atoms with Crippen molar-refractivity contribution in [3.8, 4) is 5.75 Å². The van der Waals surface area contributed by atoms with Crippen LogP contribution < -0.4 is 15.8 Å². The molecule has 4 nitrogen and oxygen atoms in total. The molecule has 0 aliphatic carbocycles. The maximum atomic E-state index is 11.9. The van der Waals surface area contributed by atoms with E-state index in [1.165, 1.54) is 0 Å². The van der Waals surface area contributed by atoms with E-state index in [1.54, 1.807) is 6.07 Å². The van der Waals surface area contributed by atoms with E-state index in [4.69, 9.17) is 10.5 Å². The molecule has 110 valence electrons. The van der Waals surface area contributed by atoms with Gasteiger partial charge in [0.2, 0.25) is 0 Å². The zero-order valence-electron chi connectivity index (χ0n) is 11.9. The van der Waals surface area contributed by atoms with Gasteiger partial charge < -0.3 is 15.8 Å². The van der Waals surface area contributed by atoms with E-state index in [9.17, 15) is 4.79 Å². The summed E-state index contributed by atoms with van der Waals surface area (Å²) < 4.78 is 6.41. The van der Waals surface area contributed by atoms with E-state index >= 15 is 0 Å². The minimum absolute atomic E-state index is 0.0827. The van der Waals surface area contributed by atoms with E-state index in [2.05, 4.69) is 21.2 Å². The summed E-state index contributed by atoms with van der Waals surface area (Å²) in [6, 6.07) is 11.2. The number of halogens is 1. The lowest BCUT2D eigenvalue weighted by molar-refractivity contribution is -0.118. The molecule has 0 saturated heterocycles. The molecule has 0 heterocycles. The first-order valence-corrected chi connectivity index (χ1v) is 7.30. The molecule has 0 radical (unpaired) electrons. The van der Waals surface area contributed by atoms with Crippen LogP contribution in [0.5, 0.6) is 5.75 Å². The molecular weight excluding hydrogens is 332 g/mol. The van der Waals surface area contributed by atoms with Crippen molar-refractivity contribution >= 4 is 33.2 Å². The molecule has 0 spiro atoms. The van der Waals surface area contributed by atoms with Gasteiger partial charge in [0.15, 0.2) is 6.61 Å². The van der Waals surface area contributed by atoms with Crippen LogP contribution in [-0.2, 0) is 4.79 Å². The van der Waals surface area contributed by atoms with Crippen LogP contribution in [0.2, 0.25) is 0 Å². The molecular formula is C16H17BrN2O2. The summed E-state index contributed by atoms with van der Waals surface area (Å²) in [5.74, 6) is 0.319. The second kappa shape index (κ2) is 6.63. The van der Waals surface area contributed by atoms with Crippen molar-refractivity contribution in [3.63, 3.8) is 0 Å². The molecule has 0 atom stereocenters. The fraction of sp³-hybridized carbons (Fsp3) is 0.188. The molecule has 0 bridgehead atoms. The van der Waals surface area contributed by atoms with Gasteiger partial charge in [-0.2, -0.15) is 0 Å². The van der Waals surface area contributed by atoms with Gasteiger partial charge in [-0.1, -0.05) is 28.1 Å². The summed E-state index contributed by atoms with van der Waals surface area (Å²) in [5.41, 5.74) is 9.12. The van der Waals surface area contributed by atoms with Crippen LogP contribution in [0, 0.1) is 13.8 Å². The SMILES string of the molecule is Cc1cccc(NC(=O)COc2c(C)cc(Br)cc2N)c1. The quantitative estimate of drug-likeness (QED) is 0.828. The van der Waals surface area contributed by atoms with Crippen molar-refractivity contribution in [3.05, 3.63) is 52.0 Å². The molecule has 5 heteroatoms. The van der Waals surface area contributed by atoms with Crippen LogP contribution in [0.1, 0.15) is 11.1 Å². The zero-order chi connectivity index (χ0) is 15.4. The van der Waals surface area contributed by atoms with E-state index in [1.807, 2.05) is 44.2 Å². The van der Waals surface area contributed by atoms with Crippen molar-refractivity contribution < 1.29 is 9.53 Å². The highest BCUT2D eigenvalue weighted by Crippen LogP contribution is 2.29. The van der Waals surface area contributed by atoms with E-state index in [0.29, 0.717) is 11.4 Å². The largest absolute Gasteiger partial charge is 0.481 e. The molecule has 2 rings (SSSR count). The summed E-state index contributed by atoms with van der Waals surface area (Å²) in [5, 5.41) is 2.79. The minimum Gasteiger partial charge on any atom is -0.481 e. The van der Waals surface area contributed by atoms with Crippen LogP contribution in [0.25, 0.3) is 0 Å². The molecule has 3 N–H and O–H groups in total. The first-order valence-electron chi connectivity index (χ1n) is 6.50. The first-order chi connectivity index (χ1) is 9.95. The second-order valence-electron chi connectivity index (χ2n) is 4.85. The number of aryl methyl sites for hydroxylation is 2. The normalized spacial score (nSPS) is 10.2. The van der Waals surface area contributed by atoms with Gasteiger partial charge in [-0.25, -0.2) is 0 Å². The third kappa shape index (κ3) is 4.23. The van der Waals surface area contributed by atoms with Crippen LogP contribution >= 0.6 is 15.9 Å². The summed E-state index contributed by atoms with van der Waals surface area (Å²) in [6.45, 7) is 3.77. The molecule has 2 aromatic carbocycles. The number of carbonyl (C=O) groups excluding carboxylic acids is 1. The number of ether oxygens (including phenoxy) is 1. The summed E-state index contributed by atoms with van der Waals surface area (Å²) >= 11 is 3.36. The number of anilines is 2. The van der Waals surface area contributed by atoms with Crippen molar-refractivity contribution in [2.45, 2.75) is 13.8 Å². The van der Waals surface area contributed by atoms with Crippen LogP contribution in [0.4, 0.5) is 11.4 Å². The van der Waals surface area contributed by atoms with E-state index < -0.39 is 0 Å². The highest BCUT2D eigenvalue weighted by Gasteiger charge is 2.09. The van der Waals surface area contributed by atoms with Crippen molar-refractivity contribution in [2.24, 2.45) is 0 Å². The fourth-order valence-corrected chi connectivity index (χ4v) is 2.60. The summed E-state index contributed by atoms with van der Waals surface area (Å²) in [4.78, 5) is 11.9. The fourth-order valence-electron chi connectivity index (χ4n) is 2.01. The minimum atomic E-state index is -0.220. The number of nitrogens with two attached hydrogens (primary N) is 1. The Balaban J connectivity index is 1.99. The van der Waals surface area contributed by atoms with Gasteiger partial charge in [0, 0.05) is 10.2 Å². The Labute approximate surface area is 132 Å². The Morgan fingerprint density at radius 3 is 2.71 bits per heavy atom. The predicted molar refractivity (Wildman–Crippen MR) is 88.6 cm³/mol. The number of hydrogen-bond acceptors (Lipinski definition) is 3. The molecule has 0 aliphatic rings. The number of carbonyl (C=O) groups is 1. The molecule has 0 aromatic heterocycles. The van der Waals surface area contributed by atoms with Crippen LogP contribution in [0.3, 0.4) is 0 Å². The lowest BCUT2D eigenvalue weighted by atomic mass is 10.2. The maximum absolute atomic E-state index is 11.9. The van der Waals surface area contributed by atoms with Gasteiger partial charge in [0.1, 0.15) is 5.75 Å². The molecule has 2 aromatic rings. The zero-order valence-corrected chi connectivity index (χ0v) is 13.5. The summed E-state index contributed by atoms with van der Waals surface area (Å²) in [7, 11) is 0. The topological polar surface area (TPSA) is 64.3 Å². The average molecular weight is 349 g/mol. The van der Waals surface area contributed by atoms with Crippen molar-refractivity contribution in [2.75, 3.05) is 17.7 Å². The van der Waals surface area contributed by atoms with Crippen LogP contribution in [0.15, 0.2) is 40.9 Å². The second-order valence-corrected chi connectivity index (χ2v) is 5.76. The Morgan fingerprint density at radius 1 is 1.29 bits per heavy atom. The molecule has 0 unspecified atom stereocenters. The van der Waals surface area contributed by atoms with Gasteiger partial charge in [0.05, 0.1) is 5.69 Å². The predicted octanol–water partition coefficient (Wildman–Crippen LogP) is 3.67. The monoisotopic (exact) mass is 348 g/mol. The van der Waals surface area contributed by atoms with E-state index in [-0.39, 0.29) is 12.5 Å². The third-order valence-corrected chi connectivity index (χ3v) is 3.38. The average Bonchev–Trinajstić information content (AvgIpc) is 2.37. The van der Waals surface area contributed by atoms with Gasteiger partial charge >= 0.3 is 0 Å². The van der Waals surface area contributed by atoms with E-state index in [0.717, 1.165) is 21.3 Å². The van der Waals surface area contributed by atoms with Gasteiger partial charge in [0.25, 0.3) is 5.91 Å². The number of nitrogen functional groups attached to an aromatic ring is 1. The molecule has 0 saturated carbocycles. The Morgan fingerprint density at radius 2 is 2.05 bits per heavy atom. The lowest BCUT2D eigenvalue weighted by Crippen LogP contribution is -2.20. The van der Waals surface area contributed by atoms with Crippen molar-refractivity contribution in [1.29, 1.82) is 0 Å². The number of amides is 1. The Bertz CT molecular complexity index is 648. The van der Waals surface area contributed by atoms with Gasteiger partial charge in [-0.3, -0.25) is 4.79 Å². The number of rotatable bonds is 4. The highest BCUT2D eigenvalue weighted by atomic mass is 79.9. The van der Waals surface area contributed by atoms with Gasteiger partial charge in [-0.05, 0) is 49.2 Å².